The largest absolute Gasteiger partial charge is 0.396 e. The maximum Gasteiger partial charge on any atom is 0.222 e. The number of benzene rings is 1. The molecule has 0 aliphatic rings. The second kappa shape index (κ2) is 7.07. The van der Waals surface area contributed by atoms with Gasteiger partial charge in [0, 0.05) is 13.0 Å². The molecular formula is C14H21NO2. The lowest BCUT2D eigenvalue weighted by Gasteiger charge is -2.07. The Morgan fingerprint density at radius 1 is 1.29 bits per heavy atom. The third-order valence-corrected chi connectivity index (χ3v) is 2.72. The van der Waals surface area contributed by atoms with Crippen LogP contribution in [-0.4, -0.2) is 24.2 Å². The second-order valence-electron chi connectivity index (χ2n) is 4.47. The maximum absolute atomic E-state index is 11.1. The van der Waals surface area contributed by atoms with Gasteiger partial charge in [-0.2, -0.15) is 0 Å². The van der Waals surface area contributed by atoms with Gasteiger partial charge in [-0.1, -0.05) is 38.1 Å². The number of aliphatic hydroxyl groups is 1. The van der Waals surface area contributed by atoms with Crippen LogP contribution in [0.3, 0.4) is 0 Å². The standard InChI is InChI=1S/C14H21NO2/c1-11(2)13-5-3-12(4-6-13)7-9-15-14(17)8-10-16/h3-6,11,16H,7-10H2,1-2H3,(H,15,17). The van der Waals surface area contributed by atoms with Crippen molar-refractivity contribution in [1.82, 2.24) is 5.32 Å². The fourth-order valence-electron chi connectivity index (χ4n) is 1.61. The number of aliphatic hydroxyl groups excluding tert-OH is 1. The molecule has 0 radical (unpaired) electrons. The van der Waals surface area contributed by atoms with Crippen LogP contribution in [0.15, 0.2) is 24.3 Å². The number of carbonyl (C=O) groups is 1. The van der Waals surface area contributed by atoms with E-state index in [4.69, 9.17) is 5.11 Å². The Hall–Kier alpha value is -1.35. The predicted octanol–water partition coefficient (Wildman–Crippen LogP) is 1.85. The number of hydrogen-bond acceptors (Lipinski definition) is 2. The van der Waals surface area contributed by atoms with Gasteiger partial charge in [-0.3, -0.25) is 4.79 Å². The molecule has 0 bridgehead atoms. The van der Waals surface area contributed by atoms with Gasteiger partial charge < -0.3 is 10.4 Å². The van der Waals surface area contributed by atoms with Crippen molar-refractivity contribution in [1.29, 1.82) is 0 Å². The molecule has 3 heteroatoms. The van der Waals surface area contributed by atoms with Crippen LogP contribution in [0.5, 0.6) is 0 Å². The van der Waals surface area contributed by atoms with Crippen molar-refractivity contribution >= 4 is 5.91 Å². The molecule has 1 rings (SSSR count). The molecule has 1 aromatic carbocycles. The summed E-state index contributed by atoms with van der Waals surface area (Å²) in [5, 5.41) is 11.3. The van der Waals surface area contributed by atoms with E-state index >= 15 is 0 Å². The minimum Gasteiger partial charge on any atom is -0.396 e. The normalized spacial score (nSPS) is 10.6. The Balaban J connectivity index is 2.35. The lowest BCUT2D eigenvalue weighted by atomic mass is 10.0. The summed E-state index contributed by atoms with van der Waals surface area (Å²) in [6.45, 7) is 4.88. The van der Waals surface area contributed by atoms with Crippen LogP contribution in [0.1, 0.15) is 37.3 Å². The van der Waals surface area contributed by atoms with E-state index in [2.05, 4.69) is 43.4 Å². The fraction of sp³-hybridized carbons (Fsp3) is 0.500. The van der Waals surface area contributed by atoms with E-state index in [1.165, 1.54) is 11.1 Å². The van der Waals surface area contributed by atoms with Gasteiger partial charge in [-0.05, 0) is 23.5 Å². The highest BCUT2D eigenvalue weighted by molar-refractivity contribution is 5.75. The summed E-state index contributed by atoms with van der Waals surface area (Å²) in [5.74, 6) is 0.458. The van der Waals surface area contributed by atoms with Crippen LogP contribution in [0.4, 0.5) is 0 Å². The summed E-state index contributed by atoms with van der Waals surface area (Å²) in [6.07, 6.45) is 1.02. The first-order valence-electron chi connectivity index (χ1n) is 6.10. The highest BCUT2D eigenvalue weighted by Gasteiger charge is 2.01. The molecule has 3 nitrogen and oxygen atoms in total. The number of carbonyl (C=O) groups excluding carboxylic acids is 1. The molecule has 0 aliphatic carbocycles. The first-order valence-corrected chi connectivity index (χ1v) is 6.10. The van der Waals surface area contributed by atoms with Gasteiger partial charge in [0.25, 0.3) is 0 Å². The van der Waals surface area contributed by atoms with Gasteiger partial charge in [-0.15, -0.1) is 0 Å². The molecular weight excluding hydrogens is 214 g/mol. The van der Waals surface area contributed by atoms with Crippen LogP contribution in [-0.2, 0) is 11.2 Å². The minimum absolute atomic E-state index is 0.0884. The van der Waals surface area contributed by atoms with Crippen LogP contribution in [0, 0.1) is 0 Å². The number of nitrogens with one attached hydrogen (secondary N) is 1. The molecule has 1 aromatic rings. The zero-order valence-corrected chi connectivity index (χ0v) is 10.6. The molecule has 0 aromatic heterocycles. The Labute approximate surface area is 103 Å². The first-order chi connectivity index (χ1) is 8.13. The van der Waals surface area contributed by atoms with E-state index in [0.29, 0.717) is 12.5 Å². The third-order valence-electron chi connectivity index (χ3n) is 2.72. The predicted molar refractivity (Wildman–Crippen MR) is 68.9 cm³/mol. The Bertz CT molecular complexity index is 344. The molecule has 1 amide bonds. The van der Waals surface area contributed by atoms with E-state index in [1.807, 2.05) is 0 Å². The van der Waals surface area contributed by atoms with Crippen molar-refractivity contribution in [2.45, 2.75) is 32.6 Å². The summed E-state index contributed by atoms with van der Waals surface area (Å²) in [5.41, 5.74) is 2.55. The van der Waals surface area contributed by atoms with E-state index in [-0.39, 0.29) is 18.9 Å². The lowest BCUT2D eigenvalue weighted by Crippen LogP contribution is -2.26. The number of amides is 1. The number of rotatable bonds is 6. The van der Waals surface area contributed by atoms with E-state index < -0.39 is 0 Å². The molecule has 0 saturated carbocycles. The fourth-order valence-corrected chi connectivity index (χ4v) is 1.61. The molecule has 17 heavy (non-hydrogen) atoms. The van der Waals surface area contributed by atoms with Crippen molar-refractivity contribution in [3.05, 3.63) is 35.4 Å². The second-order valence-corrected chi connectivity index (χ2v) is 4.47. The average molecular weight is 235 g/mol. The molecule has 0 atom stereocenters. The molecule has 0 spiro atoms. The summed E-state index contributed by atoms with van der Waals surface area (Å²) in [6, 6.07) is 8.48. The Kier molecular flexibility index (Phi) is 5.70. The smallest absolute Gasteiger partial charge is 0.222 e. The van der Waals surface area contributed by atoms with Crippen LogP contribution in [0.2, 0.25) is 0 Å². The highest BCUT2D eigenvalue weighted by Crippen LogP contribution is 2.14. The van der Waals surface area contributed by atoms with Gasteiger partial charge in [0.05, 0.1) is 6.61 Å². The SMILES string of the molecule is CC(C)c1ccc(CCNC(=O)CCO)cc1. The average Bonchev–Trinajstić information content (AvgIpc) is 2.30. The highest BCUT2D eigenvalue weighted by atomic mass is 16.3. The van der Waals surface area contributed by atoms with E-state index in [9.17, 15) is 4.79 Å². The Morgan fingerprint density at radius 2 is 1.94 bits per heavy atom. The molecule has 94 valence electrons. The lowest BCUT2D eigenvalue weighted by molar-refractivity contribution is -0.121. The number of hydrogen-bond donors (Lipinski definition) is 2. The third kappa shape index (κ3) is 5.00. The molecule has 0 unspecified atom stereocenters. The summed E-state index contributed by atoms with van der Waals surface area (Å²) in [4.78, 5) is 11.1. The van der Waals surface area contributed by atoms with Crippen LogP contribution >= 0.6 is 0 Å². The summed E-state index contributed by atoms with van der Waals surface area (Å²) in [7, 11) is 0. The van der Waals surface area contributed by atoms with Crippen molar-refractivity contribution < 1.29 is 9.90 Å². The van der Waals surface area contributed by atoms with E-state index in [0.717, 1.165) is 6.42 Å². The zero-order chi connectivity index (χ0) is 12.7. The van der Waals surface area contributed by atoms with Gasteiger partial charge in [-0.25, -0.2) is 0 Å². The minimum atomic E-state index is -0.0914. The molecule has 0 heterocycles. The summed E-state index contributed by atoms with van der Waals surface area (Å²) < 4.78 is 0. The van der Waals surface area contributed by atoms with Crippen molar-refractivity contribution in [3.63, 3.8) is 0 Å². The van der Waals surface area contributed by atoms with Crippen LogP contribution < -0.4 is 5.32 Å². The van der Waals surface area contributed by atoms with Gasteiger partial charge in [0.15, 0.2) is 0 Å². The van der Waals surface area contributed by atoms with Crippen molar-refractivity contribution in [3.8, 4) is 0 Å². The quantitative estimate of drug-likeness (QED) is 0.790. The van der Waals surface area contributed by atoms with Gasteiger partial charge in [0.2, 0.25) is 5.91 Å². The summed E-state index contributed by atoms with van der Waals surface area (Å²) >= 11 is 0. The molecule has 0 aliphatic heterocycles. The van der Waals surface area contributed by atoms with Gasteiger partial charge >= 0.3 is 0 Å². The van der Waals surface area contributed by atoms with Gasteiger partial charge in [0.1, 0.15) is 0 Å². The maximum atomic E-state index is 11.1. The monoisotopic (exact) mass is 235 g/mol. The van der Waals surface area contributed by atoms with Crippen LogP contribution in [0.25, 0.3) is 0 Å². The molecule has 0 fully saturated rings. The zero-order valence-electron chi connectivity index (χ0n) is 10.6. The topological polar surface area (TPSA) is 49.3 Å². The van der Waals surface area contributed by atoms with Crippen molar-refractivity contribution in [2.24, 2.45) is 0 Å². The molecule has 2 N–H and O–H groups in total. The first kappa shape index (κ1) is 13.7. The Morgan fingerprint density at radius 3 is 2.47 bits per heavy atom. The van der Waals surface area contributed by atoms with E-state index in [1.54, 1.807) is 0 Å². The molecule has 0 saturated heterocycles. The van der Waals surface area contributed by atoms with Crippen molar-refractivity contribution in [2.75, 3.05) is 13.2 Å².